The topological polar surface area (TPSA) is 94.4 Å². The van der Waals surface area contributed by atoms with Crippen LogP contribution in [0.4, 0.5) is 11.5 Å². The van der Waals surface area contributed by atoms with Crippen LogP contribution in [0, 0.1) is 17.0 Å². The maximum atomic E-state index is 12.1. The molecule has 0 saturated carbocycles. The minimum absolute atomic E-state index is 0.102. The fourth-order valence-electron chi connectivity index (χ4n) is 1.70. The van der Waals surface area contributed by atoms with E-state index < -0.39 is 10.8 Å². The molecule has 21 heavy (non-hydrogen) atoms. The number of carbonyl (C=O) groups excluding carboxylic acids is 1. The number of aromatic nitrogens is 1. The van der Waals surface area contributed by atoms with E-state index in [4.69, 9.17) is 4.74 Å². The van der Waals surface area contributed by atoms with Crippen molar-refractivity contribution in [3.8, 4) is 5.75 Å². The van der Waals surface area contributed by atoms with Crippen LogP contribution in [-0.2, 0) is 0 Å². The monoisotopic (exact) mass is 287 g/mol. The van der Waals surface area contributed by atoms with Crippen LogP contribution in [0.25, 0.3) is 0 Å². The second-order valence-electron chi connectivity index (χ2n) is 4.32. The molecule has 0 spiro atoms. The molecule has 108 valence electrons. The molecular weight excluding hydrogens is 274 g/mol. The maximum Gasteiger partial charge on any atom is 0.311 e. The molecule has 7 nitrogen and oxygen atoms in total. The Morgan fingerprint density at radius 1 is 1.33 bits per heavy atom. The van der Waals surface area contributed by atoms with Crippen molar-refractivity contribution in [3.05, 3.63) is 57.8 Å². The molecule has 0 aliphatic rings. The highest BCUT2D eigenvalue weighted by molar-refractivity contribution is 6.04. The summed E-state index contributed by atoms with van der Waals surface area (Å²) >= 11 is 0. The summed E-state index contributed by atoms with van der Waals surface area (Å²) in [4.78, 5) is 26.4. The second-order valence-corrected chi connectivity index (χ2v) is 4.32. The van der Waals surface area contributed by atoms with Gasteiger partial charge < -0.3 is 10.1 Å². The van der Waals surface area contributed by atoms with E-state index in [1.165, 1.54) is 25.3 Å². The number of hydrogen-bond acceptors (Lipinski definition) is 5. The number of nitro groups is 1. The Morgan fingerprint density at radius 3 is 2.67 bits per heavy atom. The van der Waals surface area contributed by atoms with Crippen molar-refractivity contribution >= 4 is 17.4 Å². The number of nitro benzene ring substituents is 1. The predicted molar refractivity (Wildman–Crippen MR) is 76.6 cm³/mol. The SMILES string of the molecule is COc1ccc(C(=O)Nc2ccc(C)cn2)cc1[N+](=O)[O-]. The maximum absolute atomic E-state index is 12.1. The van der Waals surface area contributed by atoms with Gasteiger partial charge in [0.25, 0.3) is 5.91 Å². The smallest absolute Gasteiger partial charge is 0.311 e. The summed E-state index contributed by atoms with van der Waals surface area (Å²) in [6.07, 6.45) is 1.62. The van der Waals surface area contributed by atoms with E-state index >= 15 is 0 Å². The van der Waals surface area contributed by atoms with Gasteiger partial charge in [-0.05, 0) is 30.7 Å². The number of carbonyl (C=O) groups is 1. The van der Waals surface area contributed by atoms with E-state index in [0.29, 0.717) is 5.82 Å². The number of nitrogens with one attached hydrogen (secondary N) is 1. The van der Waals surface area contributed by atoms with Crippen LogP contribution in [0.2, 0.25) is 0 Å². The molecule has 1 heterocycles. The van der Waals surface area contributed by atoms with Crippen molar-refractivity contribution in [2.75, 3.05) is 12.4 Å². The van der Waals surface area contributed by atoms with Crippen molar-refractivity contribution < 1.29 is 14.5 Å². The van der Waals surface area contributed by atoms with Gasteiger partial charge in [-0.2, -0.15) is 0 Å². The molecule has 2 aromatic rings. The van der Waals surface area contributed by atoms with Crippen LogP contribution in [0.5, 0.6) is 5.75 Å². The Labute approximate surface area is 120 Å². The summed E-state index contributed by atoms with van der Waals surface area (Å²) < 4.78 is 4.89. The van der Waals surface area contributed by atoms with Gasteiger partial charge in [0.1, 0.15) is 5.82 Å². The molecule has 1 aromatic heterocycles. The third-order valence-corrected chi connectivity index (χ3v) is 2.79. The van der Waals surface area contributed by atoms with Gasteiger partial charge in [-0.3, -0.25) is 14.9 Å². The Bertz CT molecular complexity index is 683. The Morgan fingerprint density at radius 2 is 2.10 bits per heavy atom. The first-order chi connectivity index (χ1) is 10.0. The number of aryl methyl sites for hydroxylation is 1. The molecule has 0 saturated heterocycles. The number of nitrogens with zero attached hydrogens (tertiary/aromatic N) is 2. The summed E-state index contributed by atoms with van der Waals surface area (Å²) in [6.45, 7) is 1.88. The van der Waals surface area contributed by atoms with Gasteiger partial charge in [-0.1, -0.05) is 6.07 Å². The average Bonchev–Trinajstić information content (AvgIpc) is 2.48. The van der Waals surface area contributed by atoms with Gasteiger partial charge in [-0.15, -0.1) is 0 Å². The Balaban J connectivity index is 2.25. The summed E-state index contributed by atoms with van der Waals surface area (Å²) in [5.74, 6) is 0.00573. The van der Waals surface area contributed by atoms with Crippen molar-refractivity contribution in [1.82, 2.24) is 4.98 Å². The minimum Gasteiger partial charge on any atom is -0.490 e. The first kappa shape index (κ1) is 14.4. The highest BCUT2D eigenvalue weighted by atomic mass is 16.6. The lowest BCUT2D eigenvalue weighted by molar-refractivity contribution is -0.385. The van der Waals surface area contributed by atoms with Crippen LogP contribution in [-0.4, -0.2) is 22.9 Å². The molecule has 1 aromatic carbocycles. The van der Waals surface area contributed by atoms with Gasteiger partial charge in [-0.25, -0.2) is 4.98 Å². The van der Waals surface area contributed by atoms with Crippen LogP contribution in [0.3, 0.4) is 0 Å². The fourth-order valence-corrected chi connectivity index (χ4v) is 1.70. The number of hydrogen-bond donors (Lipinski definition) is 1. The molecular formula is C14H13N3O4. The highest BCUT2D eigenvalue weighted by Gasteiger charge is 2.18. The third-order valence-electron chi connectivity index (χ3n) is 2.79. The summed E-state index contributed by atoms with van der Waals surface area (Å²) in [6, 6.07) is 7.47. The van der Waals surface area contributed by atoms with E-state index in [-0.39, 0.29) is 17.0 Å². The van der Waals surface area contributed by atoms with E-state index in [0.717, 1.165) is 5.56 Å². The molecule has 0 atom stereocenters. The quantitative estimate of drug-likeness (QED) is 0.688. The van der Waals surface area contributed by atoms with Crippen LogP contribution in [0.15, 0.2) is 36.5 Å². The highest BCUT2D eigenvalue weighted by Crippen LogP contribution is 2.27. The normalized spacial score (nSPS) is 10.0. The van der Waals surface area contributed by atoms with Gasteiger partial charge in [0.05, 0.1) is 12.0 Å². The molecule has 0 aliphatic carbocycles. The predicted octanol–water partition coefficient (Wildman–Crippen LogP) is 2.56. The number of methoxy groups -OCH3 is 1. The third kappa shape index (κ3) is 3.33. The zero-order valence-electron chi connectivity index (χ0n) is 11.5. The number of rotatable bonds is 4. The summed E-state index contributed by atoms with van der Waals surface area (Å²) in [7, 11) is 1.33. The minimum atomic E-state index is -0.597. The largest absolute Gasteiger partial charge is 0.490 e. The van der Waals surface area contributed by atoms with Crippen molar-refractivity contribution in [2.24, 2.45) is 0 Å². The molecule has 1 N–H and O–H groups in total. The summed E-state index contributed by atoms with van der Waals surface area (Å²) in [5.41, 5.74) is 0.861. The number of pyridine rings is 1. The van der Waals surface area contributed by atoms with E-state index in [9.17, 15) is 14.9 Å². The standard InChI is InChI=1S/C14H13N3O4/c1-9-3-6-13(15-8-9)16-14(18)10-4-5-12(21-2)11(7-10)17(19)20/h3-8H,1-2H3,(H,15,16,18). The first-order valence-corrected chi connectivity index (χ1v) is 6.07. The first-order valence-electron chi connectivity index (χ1n) is 6.07. The average molecular weight is 287 g/mol. The molecule has 0 aliphatic heterocycles. The lowest BCUT2D eigenvalue weighted by Gasteiger charge is -2.06. The zero-order chi connectivity index (χ0) is 15.4. The summed E-state index contributed by atoms with van der Waals surface area (Å²) in [5, 5.41) is 13.5. The zero-order valence-corrected chi connectivity index (χ0v) is 11.5. The molecule has 1 amide bonds. The molecule has 0 unspecified atom stereocenters. The van der Waals surface area contributed by atoms with Crippen molar-refractivity contribution in [3.63, 3.8) is 0 Å². The van der Waals surface area contributed by atoms with Crippen molar-refractivity contribution in [2.45, 2.75) is 6.92 Å². The molecule has 0 radical (unpaired) electrons. The Kier molecular flexibility index (Phi) is 4.13. The number of ether oxygens (including phenoxy) is 1. The van der Waals surface area contributed by atoms with E-state index in [1.807, 2.05) is 6.92 Å². The number of anilines is 1. The van der Waals surface area contributed by atoms with Gasteiger partial charge in [0, 0.05) is 17.8 Å². The molecule has 2 rings (SSSR count). The molecule has 7 heteroatoms. The molecule has 0 bridgehead atoms. The number of benzene rings is 1. The van der Waals surface area contributed by atoms with Crippen molar-refractivity contribution in [1.29, 1.82) is 0 Å². The molecule has 0 fully saturated rings. The van der Waals surface area contributed by atoms with Gasteiger partial charge >= 0.3 is 5.69 Å². The second kappa shape index (κ2) is 6.00. The lowest BCUT2D eigenvalue weighted by Crippen LogP contribution is -2.13. The Hall–Kier alpha value is -2.96. The van der Waals surface area contributed by atoms with Crippen LogP contribution in [0.1, 0.15) is 15.9 Å². The van der Waals surface area contributed by atoms with Crippen LogP contribution >= 0.6 is 0 Å². The fraction of sp³-hybridized carbons (Fsp3) is 0.143. The number of amides is 1. The van der Waals surface area contributed by atoms with E-state index in [2.05, 4.69) is 10.3 Å². The van der Waals surface area contributed by atoms with Gasteiger partial charge in [0.15, 0.2) is 5.75 Å². The van der Waals surface area contributed by atoms with Crippen LogP contribution < -0.4 is 10.1 Å². The lowest BCUT2D eigenvalue weighted by atomic mass is 10.1. The van der Waals surface area contributed by atoms with Gasteiger partial charge in [0.2, 0.25) is 0 Å². The van der Waals surface area contributed by atoms with E-state index in [1.54, 1.807) is 18.3 Å².